The molecule has 12 heteroatoms. The Hall–Kier alpha value is -4.15. The zero-order valence-corrected chi connectivity index (χ0v) is 27.2. The van der Waals surface area contributed by atoms with Gasteiger partial charge in [-0.15, -0.1) is 6.42 Å². The second-order valence-corrected chi connectivity index (χ2v) is 14.4. The molecular weight excluding hydrogens is 630 g/mol. The lowest BCUT2D eigenvalue weighted by molar-refractivity contribution is 0.0239. The fourth-order valence-electron chi connectivity index (χ4n) is 9.03. The van der Waals surface area contributed by atoms with E-state index in [0.717, 1.165) is 51.6 Å². The highest BCUT2D eigenvalue weighted by atomic mass is 19.1. The van der Waals surface area contributed by atoms with Crippen LogP contribution < -0.4 is 15.0 Å². The number of phenols is 1. The second-order valence-electron chi connectivity index (χ2n) is 14.4. The maximum atomic E-state index is 17.0. The van der Waals surface area contributed by atoms with Crippen LogP contribution in [-0.2, 0) is 9.47 Å². The molecule has 5 aliphatic heterocycles. The van der Waals surface area contributed by atoms with Crippen LogP contribution in [-0.4, -0.2) is 101 Å². The van der Waals surface area contributed by atoms with E-state index in [4.69, 9.17) is 25.6 Å². The van der Waals surface area contributed by atoms with Gasteiger partial charge in [-0.2, -0.15) is 9.97 Å². The molecule has 254 valence electrons. The number of pyridine rings is 1. The van der Waals surface area contributed by atoms with Crippen molar-refractivity contribution < 1.29 is 28.1 Å². The van der Waals surface area contributed by atoms with Crippen molar-refractivity contribution in [2.75, 3.05) is 57.5 Å². The highest BCUT2D eigenvalue weighted by Crippen LogP contribution is 2.43. The first-order valence-corrected chi connectivity index (χ1v) is 17.2. The molecule has 0 saturated carbocycles. The van der Waals surface area contributed by atoms with Gasteiger partial charge >= 0.3 is 6.01 Å². The van der Waals surface area contributed by atoms with E-state index in [9.17, 15) is 9.50 Å². The molecule has 5 aliphatic rings. The summed E-state index contributed by atoms with van der Waals surface area (Å²) >= 11 is 0. The average Bonchev–Trinajstić information content (AvgIpc) is 3.74. The van der Waals surface area contributed by atoms with E-state index in [2.05, 4.69) is 31.0 Å². The summed E-state index contributed by atoms with van der Waals surface area (Å²) in [6.07, 6.45) is 13.1. The molecule has 2 aromatic heterocycles. The molecule has 4 atom stereocenters. The quantitative estimate of drug-likeness (QED) is 0.281. The maximum Gasteiger partial charge on any atom is 0.319 e. The third-order valence-corrected chi connectivity index (χ3v) is 11.2. The summed E-state index contributed by atoms with van der Waals surface area (Å²) < 4.78 is 51.0. The summed E-state index contributed by atoms with van der Waals surface area (Å²) in [5, 5.41) is 15.6. The van der Waals surface area contributed by atoms with Gasteiger partial charge in [0.2, 0.25) is 0 Å². The third kappa shape index (κ3) is 5.17. The molecule has 7 heterocycles. The first-order valence-electron chi connectivity index (χ1n) is 17.2. The second kappa shape index (κ2) is 11.7. The van der Waals surface area contributed by atoms with Crippen LogP contribution >= 0.6 is 0 Å². The van der Waals surface area contributed by atoms with Crippen molar-refractivity contribution in [2.45, 2.75) is 61.7 Å². The number of nitrogens with zero attached hydrogens (tertiary/aromatic N) is 5. The number of benzene rings is 2. The highest BCUT2D eigenvalue weighted by molar-refractivity contribution is 6.03. The number of halogens is 2. The number of terminal acetylenes is 1. The van der Waals surface area contributed by atoms with Gasteiger partial charge in [0.25, 0.3) is 0 Å². The Morgan fingerprint density at radius 3 is 2.90 bits per heavy atom. The van der Waals surface area contributed by atoms with Crippen LogP contribution in [0.3, 0.4) is 0 Å². The zero-order valence-electron chi connectivity index (χ0n) is 27.2. The number of fused-ring (bicyclic) bond motifs is 9. The number of hydrogen-bond donors (Lipinski definition) is 2. The van der Waals surface area contributed by atoms with Crippen LogP contribution in [0.4, 0.5) is 14.6 Å². The van der Waals surface area contributed by atoms with Gasteiger partial charge < -0.3 is 29.5 Å². The average molecular weight is 669 g/mol. The lowest BCUT2D eigenvalue weighted by Gasteiger charge is -2.42. The normalized spacial score (nSPS) is 28.7. The molecule has 4 fully saturated rings. The van der Waals surface area contributed by atoms with E-state index in [1.807, 2.05) is 0 Å². The van der Waals surface area contributed by atoms with E-state index < -0.39 is 11.6 Å². The largest absolute Gasteiger partial charge is 0.508 e. The summed E-state index contributed by atoms with van der Waals surface area (Å²) in [4.78, 5) is 18.8. The number of nitrogens with one attached hydrogen (secondary N) is 1. The number of aromatic nitrogens is 3. The van der Waals surface area contributed by atoms with Crippen LogP contribution in [0.2, 0.25) is 0 Å². The molecule has 4 aromatic rings. The van der Waals surface area contributed by atoms with Gasteiger partial charge in [-0.3, -0.25) is 9.88 Å². The SMILES string of the molecule is C#Cc1c(F)ccc2cc(O)cc(-c3ncc4c5nc(nc4c3F)OC[C@@]34CCCN3C[C@H](C4)OCCCOC[C@]34CC[C@H](CN5C3)N4)c12. The minimum absolute atomic E-state index is 0.0302. The molecule has 4 saturated heterocycles. The third-order valence-electron chi connectivity index (χ3n) is 11.2. The standard InChI is InChI=1S/C37H38F2N6O4/c1-2-26-29(38)6-5-22-13-24(46)14-27(30(22)26)32-31(39)33-28(16-40-32)34-42-35(41-33)49-21-37-8-3-10-45(37)18-25(15-37)48-12-4-11-47-20-36-9-7-23(43-36)17-44(34)19-36/h1,5-6,13-14,16,23,25,43,46H,3-4,7-12,15,17-21H2/t23-,25+,36+,37+/m1/s1. The molecular formula is C37H38F2N6O4. The fraction of sp³-hybridized carbons (Fsp3) is 0.486. The zero-order chi connectivity index (χ0) is 33.3. The predicted octanol–water partition coefficient (Wildman–Crippen LogP) is 4.54. The predicted molar refractivity (Wildman–Crippen MR) is 180 cm³/mol. The van der Waals surface area contributed by atoms with Gasteiger partial charge in [0.1, 0.15) is 35.2 Å². The Morgan fingerprint density at radius 1 is 1.08 bits per heavy atom. The number of hydrogen-bond acceptors (Lipinski definition) is 10. The molecule has 2 aromatic carbocycles. The Bertz CT molecular complexity index is 2020. The summed E-state index contributed by atoms with van der Waals surface area (Å²) in [5.74, 6) is 1.47. The van der Waals surface area contributed by atoms with Crippen molar-refractivity contribution in [3.8, 4) is 35.4 Å². The first-order chi connectivity index (χ1) is 23.8. The minimum atomic E-state index is -0.734. The van der Waals surface area contributed by atoms with Crippen LogP contribution in [0.1, 0.15) is 44.1 Å². The van der Waals surface area contributed by atoms with Crippen molar-refractivity contribution in [3.63, 3.8) is 0 Å². The van der Waals surface area contributed by atoms with Crippen molar-refractivity contribution >= 4 is 27.5 Å². The van der Waals surface area contributed by atoms with Gasteiger partial charge in [-0.05, 0) is 68.7 Å². The topological polar surface area (TPSA) is 105 Å². The number of phenolic OH excluding ortho intramolecular Hbond substituents is 1. The Balaban J connectivity index is 1.20. The molecule has 49 heavy (non-hydrogen) atoms. The van der Waals surface area contributed by atoms with E-state index in [1.54, 1.807) is 6.20 Å². The molecule has 0 radical (unpaired) electrons. The van der Waals surface area contributed by atoms with Crippen molar-refractivity contribution in [2.24, 2.45) is 0 Å². The van der Waals surface area contributed by atoms with Gasteiger partial charge in [0.15, 0.2) is 5.82 Å². The van der Waals surface area contributed by atoms with Gasteiger partial charge in [0.05, 0.1) is 34.7 Å². The van der Waals surface area contributed by atoms with E-state index in [1.165, 1.54) is 24.3 Å². The lowest BCUT2D eigenvalue weighted by Crippen LogP contribution is -2.62. The van der Waals surface area contributed by atoms with Crippen LogP contribution in [0, 0.1) is 24.0 Å². The minimum Gasteiger partial charge on any atom is -0.508 e. The molecule has 7 bridgehead atoms. The summed E-state index contributed by atoms with van der Waals surface area (Å²) in [6, 6.07) is 5.86. The summed E-state index contributed by atoms with van der Waals surface area (Å²) in [7, 11) is 0. The fourth-order valence-corrected chi connectivity index (χ4v) is 9.03. The monoisotopic (exact) mass is 668 g/mol. The van der Waals surface area contributed by atoms with Crippen molar-refractivity contribution in [3.05, 3.63) is 47.7 Å². The van der Waals surface area contributed by atoms with E-state index in [0.29, 0.717) is 56.1 Å². The Morgan fingerprint density at radius 2 is 2.00 bits per heavy atom. The highest BCUT2D eigenvalue weighted by Gasteiger charge is 2.50. The van der Waals surface area contributed by atoms with Crippen molar-refractivity contribution in [1.82, 2.24) is 25.2 Å². The van der Waals surface area contributed by atoms with Crippen LogP contribution in [0.25, 0.3) is 32.9 Å². The summed E-state index contributed by atoms with van der Waals surface area (Å²) in [6.45, 7) is 5.27. The number of rotatable bonds is 1. The van der Waals surface area contributed by atoms with E-state index in [-0.39, 0.29) is 62.7 Å². The van der Waals surface area contributed by atoms with Crippen molar-refractivity contribution in [1.29, 1.82) is 0 Å². The van der Waals surface area contributed by atoms with E-state index >= 15 is 4.39 Å². The molecule has 2 N–H and O–H groups in total. The Kier molecular flexibility index (Phi) is 7.39. The maximum absolute atomic E-state index is 17.0. The van der Waals surface area contributed by atoms with Gasteiger partial charge in [-0.25, -0.2) is 8.78 Å². The van der Waals surface area contributed by atoms with Crippen LogP contribution in [0.5, 0.6) is 11.8 Å². The number of anilines is 1. The first kappa shape index (κ1) is 30.9. The number of piperazine rings is 1. The lowest BCUT2D eigenvalue weighted by atomic mass is 9.94. The molecule has 10 nitrogen and oxygen atoms in total. The molecule has 0 amide bonds. The molecule has 2 spiro atoms. The number of ether oxygens (including phenoxy) is 3. The smallest absolute Gasteiger partial charge is 0.319 e. The molecule has 9 rings (SSSR count). The summed E-state index contributed by atoms with van der Waals surface area (Å²) in [5.41, 5.74) is -0.421. The molecule has 0 unspecified atom stereocenters. The van der Waals surface area contributed by atoms with Gasteiger partial charge in [-0.1, -0.05) is 12.0 Å². The van der Waals surface area contributed by atoms with Gasteiger partial charge in [0, 0.05) is 56.0 Å². The number of aromatic hydroxyl groups is 1. The Labute approximate surface area is 282 Å². The van der Waals surface area contributed by atoms with Crippen LogP contribution in [0.15, 0.2) is 30.5 Å². The molecule has 0 aliphatic carbocycles.